The molecule has 1 saturated heterocycles. The number of piperazine rings is 1. The zero-order valence-electron chi connectivity index (χ0n) is 10.8. The Morgan fingerprint density at radius 3 is 3.00 bits per heavy atom. The van der Waals surface area contributed by atoms with E-state index in [2.05, 4.69) is 28.8 Å². The Balaban J connectivity index is 2.16. The first-order valence-corrected chi connectivity index (χ1v) is 6.26. The quantitative estimate of drug-likeness (QED) is 0.875. The molecule has 0 aliphatic carbocycles. The minimum atomic E-state index is -0.903. The summed E-state index contributed by atoms with van der Waals surface area (Å²) in [5.74, 6) is -0.138. The zero-order chi connectivity index (χ0) is 13.1. The van der Waals surface area contributed by atoms with Gasteiger partial charge in [-0.25, -0.2) is 9.78 Å². The van der Waals surface area contributed by atoms with Gasteiger partial charge in [-0.15, -0.1) is 0 Å². The predicted octanol–water partition coefficient (Wildman–Crippen LogP) is 1.31. The summed E-state index contributed by atoms with van der Waals surface area (Å²) in [4.78, 5) is 19.7. The number of nitrogens with zero attached hydrogens (tertiary/aromatic N) is 3. The summed E-state index contributed by atoms with van der Waals surface area (Å²) in [5, 5.41) is 8.99. The average Bonchev–Trinajstić information content (AvgIpc) is 2.39. The van der Waals surface area contributed by atoms with Crippen molar-refractivity contribution in [1.29, 1.82) is 0 Å². The van der Waals surface area contributed by atoms with E-state index in [1.54, 1.807) is 12.3 Å². The number of aromatic carboxylic acids is 1. The fourth-order valence-electron chi connectivity index (χ4n) is 2.32. The van der Waals surface area contributed by atoms with Crippen molar-refractivity contribution in [3.63, 3.8) is 0 Å². The van der Waals surface area contributed by atoms with Gasteiger partial charge in [0, 0.05) is 31.9 Å². The Morgan fingerprint density at radius 1 is 1.56 bits per heavy atom. The number of pyridine rings is 1. The molecule has 1 unspecified atom stereocenters. The maximum Gasteiger partial charge on any atom is 0.335 e. The van der Waals surface area contributed by atoms with E-state index in [1.165, 1.54) is 6.07 Å². The third-order valence-corrected chi connectivity index (χ3v) is 3.56. The molecule has 1 aliphatic heterocycles. The summed E-state index contributed by atoms with van der Waals surface area (Å²) in [6.07, 6.45) is 2.66. The van der Waals surface area contributed by atoms with Crippen LogP contribution in [-0.4, -0.2) is 53.7 Å². The predicted molar refractivity (Wildman–Crippen MR) is 70.1 cm³/mol. The smallest absolute Gasteiger partial charge is 0.335 e. The lowest BCUT2D eigenvalue weighted by molar-refractivity contribution is 0.0696. The van der Waals surface area contributed by atoms with E-state index in [0.717, 1.165) is 31.9 Å². The van der Waals surface area contributed by atoms with Crippen LogP contribution in [0.3, 0.4) is 0 Å². The molecular formula is C13H19N3O2. The van der Waals surface area contributed by atoms with Crippen molar-refractivity contribution in [3.05, 3.63) is 23.9 Å². The SMILES string of the molecule is CCC1CN(c2cc(C(=O)O)ccn2)CCN1C. The summed E-state index contributed by atoms with van der Waals surface area (Å²) in [6.45, 7) is 4.95. The van der Waals surface area contributed by atoms with Gasteiger partial charge >= 0.3 is 5.97 Å². The van der Waals surface area contributed by atoms with Crippen LogP contribution in [0.1, 0.15) is 23.7 Å². The molecule has 1 aromatic rings. The van der Waals surface area contributed by atoms with E-state index < -0.39 is 5.97 Å². The summed E-state index contributed by atoms with van der Waals surface area (Å²) < 4.78 is 0. The van der Waals surface area contributed by atoms with Crippen LogP contribution in [-0.2, 0) is 0 Å². The van der Waals surface area contributed by atoms with E-state index in [-0.39, 0.29) is 0 Å². The third-order valence-electron chi connectivity index (χ3n) is 3.56. The monoisotopic (exact) mass is 249 g/mol. The van der Waals surface area contributed by atoms with E-state index in [0.29, 0.717) is 11.6 Å². The molecule has 1 atom stereocenters. The molecule has 5 heteroatoms. The van der Waals surface area contributed by atoms with Crippen LogP contribution in [0.5, 0.6) is 0 Å². The first kappa shape index (κ1) is 12.8. The van der Waals surface area contributed by atoms with Gasteiger partial charge in [0.2, 0.25) is 0 Å². The van der Waals surface area contributed by atoms with Crippen molar-refractivity contribution < 1.29 is 9.90 Å². The number of likely N-dealkylation sites (N-methyl/N-ethyl adjacent to an activating group) is 1. The van der Waals surface area contributed by atoms with Gasteiger partial charge in [-0.2, -0.15) is 0 Å². The minimum Gasteiger partial charge on any atom is -0.478 e. The second-order valence-corrected chi connectivity index (χ2v) is 4.70. The lowest BCUT2D eigenvalue weighted by Crippen LogP contribution is -2.51. The molecule has 1 N–H and O–H groups in total. The molecule has 0 bridgehead atoms. The first-order chi connectivity index (χ1) is 8.61. The Morgan fingerprint density at radius 2 is 2.33 bits per heavy atom. The molecular weight excluding hydrogens is 230 g/mol. The lowest BCUT2D eigenvalue weighted by atomic mass is 10.1. The second-order valence-electron chi connectivity index (χ2n) is 4.70. The number of anilines is 1. The van der Waals surface area contributed by atoms with Crippen LogP contribution in [0.4, 0.5) is 5.82 Å². The van der Waals surface area contributed by atoms with Crippen LogP contribution >= 0.6 is 0 Å². The summed E-state index contributed by atoms with van der Waals surface area (Å²) in [6, 6.07) is 3.69. The van der Waals surface area contributed by atoms with E-state index in [4.69, 9.17) is 5.11 Å². The Hall–Kier alpha value is -1.62. The second kappa shape index (κ2) is 5.35. The van der Waals surface area contributed by atoms with Gasteiger partial charge in [-0.1, -0.05) is 6.92 Å². The number of carboxylic acid groups (broad SMARTS) is 1. The highest BCUT2D eigenvalue weighted by atomic mass is 16.4. The van der Waals surface area contributed by atoms with Gasteiger partial charge < -0.3 is 10.0 Å². The van der Waals surface area contributed by atoms with Gasteiger partial charge in [-0.3, -0.25) is 4.90 Å². The van der Waals surface area contributed by atoms with Crippen molar-refractivity contribution in [2.24, 2.45) is 0 Å². The van der Waals surface area contributed by atoms with E-state index >= 15 is 0 Å². The molecule has 0 aromatic carbocycles. The Bertz CT molecular complexity index is 436. The molecule has 0 amide bonds. The summed E-state index contributed by atoms with van der Waals surface area (Å²) >= 11 is 0. The van der Waals surface area contributed by atoms with Crippen molar-refractivity contribution in [1.82, 2.24) is 9.88 Å². The van der Waals surface area contributed by atoms with Gasteiger partial charge in [0.15, 0.2) is 0 Å². The Kier molecular flexibility index (Phi) is 3.81. The lowest BCUT2D eigenvalue weighted by Gasteiger charge is -2.39. The largest absolute Gasteiger partial charge is 0.478 e. The van der Waals surface area contributed by atoms with E-state index in [9.17, 15) is 4.79 Å². The van der Waals surface area contributed by atoms with Gasteiger partial charge in [0.1, 0.15) is 5.82 Å². The fourth-order valence-corrected chi connectivity index (χ4v) is 2.32. The van der Waals surface area contributed by atoms with Gasteiger partial charge in [0.05, 0.1) is 5.56 Å². The molecule has 1 fully saturated rings. The summed E-state index contributed by atoms with van der Waals surface area (Å²) in [7, 11) is 2.13. The first-order valence-electron chi connectivity index (χ1n) is 6.26. The van der Waals surface area contributed by atoms with Gasteiger partial charge in [0.25, 0.3) is 0 Å². The van der Waals surface area contributed by atoms with Crippen LogP contribution in [0.25, 0.3) is 0 Å². The van der Waals surface area contributed by atoms with Crippen LogP contribution in [0.2, 0.25) is 0 Å². The van der Waals surface area contributed by atoms with Crippen molar-refractivity contribution in [2.45, 2.75) is 19.4 Å². The Labute approximate surface area is 107 Å². The molecule has 0 spiro atoms. The third kappa shape index (κ3) is 2.61. The standard InChI is InChI=1S/C13H19N3O2/c1-3-11-9-16(7-6-15(11)2)12-8-10(13(17)18)4-5-14-12/h4-5,8,11H,3,6-7,9H2,1-2H3,(H,17,18). The molecule has 2 heterocycles. The molecule has 1 aliphatic rings. The van der Waals surface area contributed by atoms with Crippen LogP contribution in [0.15, 0.2) is 18.3 Å². The zero-order valence-corrected chi connectivity index (χ0v) is 10.8. The number of rotatable bonds is 3. The number of hydrogen-bond acceptors (Lipinski definition) is 4. The minimum absolute atomic E-state index is 0.298. The number of hydrogen-bond donors (Lipinski definition) is 1. The fraction of sp³-hybridized carbons (Fsp3) is 0.538. The number of carboxylic acids is 1. The molecule has 18 heavy (non-hydrogen) atoms. The van der Waals surface area contributed by atoms with Crippen molar-refractivity contribution in [2.75, 3.05) is 31.6 Å². The van der Waals surface area contributed by atoms with Crippen LogP contribution in [0, 0.1) is 0 Å². The van der Waals surface area contributed by atoms with Crippen molar-refractivity contribution in [3.8, 4) is 0 Å². The topological polar surface area (TPSA) is 56.7 Å². The van der Waals surface area contributed by atoms with E-state index in [1.807, 2.05) is 0 Å². The number of aromatic nitrogens is 1. The maximum atomic E-state index is 11.0. The molecule has 98 valence electrons. The molecule has 2 rings (SSSR count). The normalized spacial score (nSPS) is 21.0. The highest BCUT2D eigenvalue weighted by molar-refractivity contribution is 5.88. The molecule has 5 nitrogen and oxygen atoms in total. The highest BCUT2D eigenvalue weighted by Crippen LogP contribution is 2.18. The molecule has 1 aromatic heterocycles. The highest BCUT2D eigenvalue weighted by Gasteiger charge is 2.23. The summed E-state index contributed by atoms with van der Waals surface area (Å²) in [5.41, 5.74) is 0.298. The van der Waals surface area contributed by atoms with Crippen LogP contribution < -0.4 is 4.90 Å². The number of carbonyl (C=O) groups is 1. The average molecular weight is 249 g/mol. The maximum absolute atomic E-state index is 11.0. The van der Waals surface area contributed by atoms with Gasteiger partial charge in [-0.05, 0) is 25.6 Å². The van der Waals surface area contributed by atoms with Crippen molar-refractivity contribution >= 4 is 11.8 Å². The molecule has 0 saturated carbocycles. The molecule has 0 radical (unpaired) electrons.